The van der Waals surface area contributed by atoms with Crippen LogP contribution in [0.5, 0.6) is 5.75 Å². The van der Waals surface area contributed by atoms with Crippen molar-refractivity contribution in [2.75, 3.05) is 26.2 Å². The van der Waals surface area contributed by atoms with Crippen molar-refractivity contribution in [1.82, 2.24) is 10.2 Å². The number of hydrogen-bond acceptors (Lipinski definition) is 3. The maximum Gasteiger partial charge on any atom is 0.416 e. The van der Waals surface area contributed by atoms with Gasteiger partial charge in [-0.15, -0.1) is 0 Å². The van der Waals surface area contributed by atoms with Gasteiger partial charge in [0.1, 0.15) is 12.4 Å². The predicted molar refractivity (Wildman–Crippen MR) is 120 cm³/mol. The molecule has 1 fully saturated rings. The van der Waals surface area contributed by atoms with Crippen LogP contribution in [0.25, 0.3) is 0 Å². The summed E-state index contributed by atoms with van der Waals surface area (Å²) >= 11 is 0. The Kier molecular flexibility index (Phi) is 7.12. The average molecular weight is 441 g/mol. The summed E-state index contributed by atoms with van der Waals surface area (Å²) in [6, 6.07) is 22.6. The Morgan fingerprint density at radius 1 is 0.812 bits per heavy atom. The maximum absolute atomic E-state index is 14.0. The molecule has 0 bridgehead atoms. The van der Waals surface area contributed by atoms with E-state index in [1.807, 2.05) is 54.6 Å². The molecule has 1 saturated heterocycles. The lowest BCUT2D eigenvalue weighted by Crippen LogP contribution is -2.34. The van der Waals surface area contributed by atoms with Gasteiger partial charge in [0.2, 0.25) is 0 Å². The zero-order valence-electron chi connectivity index (χ0n) is 17.8. The summed E-state index contributed by atoms with van der Waals surface area (Å²) in [5.41, 5.74) is 1.42. The van der Waals surface area contributed by atoms with Crippen LogP contribution >= 0.6 is 0 Å². The summed E-state index contributed by atoms with van der Waals surface area (Å²) in [5.74, 6) is 0.607. The van der Waals surface area contributed by atoms with Gasteiger partial charge in [0.05, 0.1) is 11.6 Å². The summed E-state index contributed by atoms with van der Waals surface area (Å²) in [6.07, 6.45) is -3.56. The van der Waals surface area contributed by atoms with Gasteiger partial charge in [0.15, 0.2) is 0 Å². The first kappa shape index (κ1) is 22.4. The molecule has 0 spiro atoms. The van der Waals surface area contributed by atoms with Crippen molar-refractivity contribution in [3.8, 4) is 5.75 Å². The highest BCUT2D eigenvalue weighted by atomic mass is 19.4. The lowest BCUT2D eigenvalue weighted by Gasteiger charge is -2.34. The van der Waals surface area contributed by atoms with E-state index in [4.69, 9.17) is 4.74 Å². The Hall–Kier alpha value is -2.83. The van der Waals surface area contributed by atoms with Crippen molar-refractivity contribution in [2.24, 2.45) is 0 Å². The number of nitrogens with zero attached hydrogens (tertiary/aromatic N) is 1. The highest BCUT2D eigenvalue weighted by molar-refractivity contribution is 5.45. The second-order valence-electron chi connectivity index (χ2n) is 7.94. The van der Waals surface area contributed by atoms with Gasteiger partial charge in [-0.2, -0.15) is 13.2 Å². The predicted octanol–water partition coefficient (Wildman–Crippen LogP) is 5.67. The molecule has 1 unspecified atom stereocenters. The van der Waals surface area contributed by atoms with Crippen LogP contribution in [0.2, 0.25) is 0 Å². The zero-order valence-corrected chi connectivity index (χ0v) is 17.8. The minimum Gasteiger partial charge on any atom is -0.489 e. The Bertz CT molecular complexity index is 999. The number of halogens is 3. The molecule has 0 aliphatic carbocycles. The van der Waals surface area contributed by atoms with E-state index >= 15 is 0 Å². The fraction of sp³-hybridized carbons (Fsp3) is 0.308. The molecule has 0 amide bonds. The Morgan fingerprint density at radius 2 is 1.50 bits per heavy atom. The van der Waals surface area contributed by atoms with E-state index in [1.54, 1.807) is 12.1 Å². The Labute approximate surface area is 186 Å². The van der Waals surface area contributed by atoms with Crippen molar-refractivity contribution in [2.45, 2.75) is 25.2 Å². The van der Waals surface area contributed by atoms with Crippen molar-refractivity contribution in [3.05, 3.63) is 101 Å². The second kappa shape index (κ2) is 10.2. The van der Waals surface area contributed by atoms with Gasteiger partial charge in [-0.3, -0.25) is 4.90 Å². The maximum atomic E-state index is 14.0. The van der Waals surface area contributed by atoms with Gasteiger partial charge in [-0.1, -0.05) is 66.7 Å². The molecule has 4 rings (SSSR count). The largest absolute Gasteiger partial charge is 0.489 e. The van der Waals surface area contributed by atoms with Gasteiger partial charge in [0.25, 0.3) is 0 Å². The van der Waals surface area contributed by atoms with Gasteiger partial charge in [-0.25, -0.2) is 0 Å². The highest BCUT2D eigenvalue weighted by Gasteiger charge is 2.37. The fourth-order valence-electron chi connectivity index (χ4n) is 4.25. The molecule has 3 nitrogen and oxygen atoms in total. The quantitative estimate of drug-likeness (QED) is 0.535. The van der Waals surface area contributed by atoms with Crippen molar-refractivity contribution in [3.63, 3.8) is 0 Å². The molecule has 1 N–H and O–H groups in total. The standard InChI is InChI=1S/C26H27F3N2O/c27-26(28,29)23-13-6-4-11-21(23)25(31-17-8-15-30-16-18-31)22-12-5-7-14-24(22)32-19-20-9-2-1-3-10-20/h1-7,9-14,25,30H,8,15-19H2. The summed E-state index contributed by atoms with van der Waals surface area (Å²) in [5, 5.41) is 3.35. The van der Waals surface area contributed by atoms with E-state index in [1.165, 1.54) is 12.1 Å². The van der Waals surface area contributed by atoms with Crippen LogP contribution in [0.3, 0.4) is 0 Å². The smallest absolute Gasteiger partial charge is 0.416 e. The lowest BCUT2D eigenvalue weighted by molar-refractivity contribution is -0.138. The monoisotopic (exact) mass is 440 g/mol. The molecule has 168 valence electrons. The summed E-state index contributed by atoms with van der Waals surface area (Å²) in [6.45, 7) is 3.31. The zero-order chi connectivity index (χ0) is 22.4. The third kappa shape index (κ3) is 5.31. The number of ether oxygens (including phenoxy) is 1. The minimum absolute atomic E-state index is 0.262. The van der Waals surface area contributed by atoms with Crippen LogP contribution in [0.1, 0.15) is 34.7 Å². The molecular weight excluding hydrogens is 413 g/mol. The molecule has 1 heterocycles. The summed E-state index contributed by atoms with van der Waals surface area (Å²) in [4.78, 5) is 2.13. The van der Waals surface area contributed by atoms with Crippen molar-refractivity contribution >= 4 is 0 Å². The SMILES string of the molecule is FC(F)(F)c1ccccc1C(c1ccccc1OCc1ccccc1)N1CCCNCC1. The van der Waals surface area contributed by atoms with Crippen LogP contribution in [-0.2, 0) is 12.8 Å². The number of benzene rings is 3. The first-order chi connectivity index (χ1) is 15.5. The van der Waals surface area contributed by atoms with E-state index in [0.29, 0.717) is 25.4 Å². The molecule has 0 aromatic heterocycles. The minimum atomic E-state index is -4.43. The lowest BCUT2D eigenvalue weighted by atomic mass is 9.91. The van der Waals surface area contributed by atoms with Gasteiger partial charge < -0.3 is 10.1 Å². The van der Waals surface area contributed by atoms with Crippen LogP contribution < -0.4 is 10.1 Å². The number of para-hydroxylation sites is 1. The molecular formula is C26H27F3N2O. The highest BCUT2D eigenvalue weighted by Crippen LogP contribution is 2.41. The molecule has 3 aromatic rings. The number of alkyl halides is 3. The van der Waals surface area contributed by atoms with Gasteiger partial charge >= 0.3 is 6.18 Å². The van der Waals surface area contributed by atoms with Crippen LogP contribution in [0.15, 0.2) is 78.9 Å². The molecule has 3 aromatic carbocycles. The molecule has 0 radical (unpaired) electrons. The first-order valence-corrected chi connectivity index (χ1v) is 10.9. The van der Waals surface area contributed by atoms with Gasteiger partial charge in [-0.05, 0) is 36.2 Å². The normalized spacial score (nSPS) is 16.3. The summed E-state index contributed by atoms with van der Waals surface area (Å²) in [7, 11) is 0. The molecule has 6 heteroatoms. The number of hydrogen-bond donors (Lipinski definition) is 1. The third-order valence-corrected chi connectivity index (χ3v) is 5.75. The molecule has 0 saturated carbocycles. The van der Waals surface area contributed by atoms with Crippen LogP contribution in [-0.4, -0.2) is 31.1 Å². The molecule has 1 atom stereocenters. The summed E-state index contributed by atoms with van der Waals surface area (Å²) < 4.78 is 48.1. The molecule has 32 heavy (non-hydrogen) atoms. The van der Waals surface area contributed by atoms with Gasteiger partial charge in [0, 0.05) is 25.2 Å². The van der Waals surface area contributed by atoms with Crippen LogP contribution in [0, 0.1) is 0 Å². The van der Waals surface area contributed by atoms with E-state index in [9.17, 15) is 13.2 Å². The molecule has 1 aliphatic rings. The van der Waals surface area contributed by atoms with E-state index in [0.717, 1.165) is 30.6 Å². The number of rotatable bonds is 6. The van der Waals surface area contributed by atoms with Crippen LogP contribution in [0.4, 0.5) is 13.2 Å². The van der Waals surface area contributed by atoms with E-state index in [2.05, 4.69) is 10.2 Å². The molecule has 1 aliphatic heterocycles. The number of nitrogens with one attached hydrogen (secondary N) is 1. The van der Waals surface area contributed by atoms with Crippen molar-refractivity contribution < 1.29 is 17.9 Å². The second-order valence-corrected chi connectivity index (χ2v) is 7.94. The Morgan fingerprint density at radius 3 is 2.28 bits per heavy atom. The first-order valence-electron chi connectivity index (χ1n) is 10.9. The average Bonchev–Trinajstić information content (AvgIpc) is 3.08. The van der Waals surface area contributed by atoms with E-state index in [-0.39, 0.29) is 5.56 Å². The third-order valence-electron chi connectivity index (χ3n) is 5.75. The fourth-order valence-corrected chi connectivity index (χ4v) is 4.25. The van der Waals surface area contributed by atoms with Crippen molar-refractivity contribution in [1.29, 1.82) is 0 Å². The van der Waals surface area contributed by atoms with E-state index < -0.39 is 17.8 Å². The Balaban J connectivity index is 1.76. The topological polar surface area (TPSA) is 24.5 Å².